The summed E-state index contributed by atoms with van der Waals surface area (Å²) in [6.45, 7) is 0. The number of alkyl halides is 3. The van der Waals surface area contributed by atoms with E-state index >= 15 is 0 Å². The number of esters is 1. The Labute approximate surface area is 169 Å². The lowest BCUT2D eigenvalue weighted by Gasteiger charge is -2.18. The number of phenolic OH excluding ortho intramolecular Hbond substituents is 1. The fourth-order valence-electron chi connectivity index (χ4n) is 2.65. The third-order valence-electron chi connectivity index (χ3n) is 4.13. The molecular weight excluding hydrogens is 399 g/mol. The molecule has 0 bridgehead atoms. The van der Waals surface area contributed by atoms with Crippen LogP contribution in [0.2, 0.25) is 0 Å². The molecule has 3 aromatic rings. The first-order chi connectivity index (χ1) is 14.2. The molecule has 0 aliphatic heterocycles. The summed E-state index contributed by atoms with van der Waals surface area (Å²) < 4.78 is 44.1. The number of hydrogen-bond acceptors (Lipinski definition) is 4. The maximum absolute atomic E-state index is 12.9. The van der Waals surface area contributed by atoms with Crippen molar-refractivity contribution >= 4 is 17.6 Å². The van der Waals surface area contributed by atoms with Crippen molar-refractivity contribution in [1.29, 1.82) is 0 Å². The first-order valence-electron chi connectivity index (χ1n) is 8.77. The Morgan fingerprint density at radius 2 is 1.57 bits per heavy atom. The van der Waals surface area contributed by atoms with Crippen molar-refractivity contribution < 1.29 is 32.6 Å². The summed E-state index contributed by atoms with van der Waals surface area (Å²) in [5, 5.41) is 11.7. The first-order valence-corrected chi connectivity index (χ1v) is 8.77. The van der Waals surface area contributed by atoms with E-state index in [1.165, 1.54) is 36.4 Å². The zero-order valence-electron chi connectivity index (χ0n) is 15.4. The van der Waals surface area contributed by atoms with E-state index in [1.807, 2.05) is 0 Å². The molecule has 0 fully saturated rings. The smallest absolute Gasteiger partial charge is 0.416 e. The molecule has 0 unspecified atom stereocenters. The van der Waals surface area contributed by atoms with Gasteiger partial charge in [0.15, 0.2) is 0 Å². The van der Waals surface area contributed by atoms with Gasteiger partial charge in [-0.2, -0.15) is 13.2 Å². The van der Waals surface area contributed by atoms with E-state index in [0.29, 0.717) is 5.56 Å². The number of carbonyl (C=O) groups excluding carboxylic acids is 2. The van der Waals surface area contributed by atoms with E-state index in [9.17, 15) is 27.9 Å². The van der Waals surface area contributed by atoms with Crippen LogP contribution >= 0.6 is 0 Å². The van der Waals surface area contributed by atoms with E-state index < -0.39 is 29.7 Å². The average Bonchev–Trinajstić information content (AvgIpc) is 2.72. The van der Waals surface area contributed by atoms with E-state index in [1.54, 1.807) is 30.3 Å². The van der Waals surface area contributed by atoms with Gasteiger partial charge >= 0.3 is 12.1 Å². The monoisotopic (exact) mass is 415 g/mol. The summed E-state index contributed by atoms with van der Waals surface area (Å²) in [7, 11) is 0. The number of carbonyl (C=O) groups is 2. The van der Waals surface area contributed by atoms with Crippen molar-refractivity contribution in [3.63, 3.8) is 0 Å². The largest absolute Gasteiger partial charge is 0.508 e. The molecule has 1 amide bonds. The van der Waals surface area contributed by atoms with Crippen LogP contribution in [0.4, 0.5) is 18.9 Å². The summed E-state index contributed by atoms with van der Waals surface area (Å²) >= 11 is 0. The van der Waals surface area contributed by atoms with E-state index in [-0.39, 0.29) is 17.0 Å². The third kappa shape index (κ3) is 5.16. The SMILES string of the molecule is O=C(O[C@H](C(=O)Nc1cccc(C(F)(F)F)c1)c1ccccc1)c1ccc(O)cc1. The van der Waals surface area contributed by atoms with E-state index in [2.05, 4.69) is 5.32 Å². The second kappa shape index (κ2) is 8.69. The molecule has 3 rings (SSSR count). The average molecular weight is 415 g/mol. The van der Waals surface area contributed by atoms with Gasteiger partial charge in [-0.3, -0.25) is 4.79 Å². The highest BCUT2D eigenvalue weighted by Crippen LogP contribution is 2.31. The molecule has 2 N–H and O–H groups in total. The van der Waals surface area contributed by atoms with Gasteiger partial charge < -0.3 is 15.2 Å². The van der Waals surface area contributed by atoms with Crippen LogP contribution in [0, 0.1) is 0 Å². The molecule has 154 valence electrons. The molecule has 5 nitrogen and oxygen atoms in total. The number of anilines is 1. The highest BCUT2D eigenvalue weighted by Gasteiger charge is 2.31. The topological polar surface area (TPSA) is 75.6 Å². The number of phenols is 1. The zero-order chi connectivity index (χ0) is 21.7. The molecule has 0 aliphatic rings. The lowest BCUT2D eigenvalue weighted by Crippen LogP contribution is -2.26. The Kier molecular flexibility index (Phi) is 6.06. The fourth-order valence-corrected chi connectivity index (χ4v) is 2.65. The molecule has 0 saturated carbocycles. The lowest BCUT2D eigenvalue weighted by molar-refractivity contribution is -0.137. The van der Waals surface area contributed by atoms with Crippen molar-refractivity contribution in [3.8, 4) is 5.75 Å². The summed E-state index contributed by atoms with van der Waals surface area (Å²) in [5.74, 6) is -1.69. The van der Waals surface area contributed by atoms with Gasteiger partial charge in [0.05, 0.1) is 11.1 Å². The van der Waals surface area contributed by atoms with Crippen molar-refractivity contribution in [1.82, 2.24) is 0 Å². The van der Waals surface area contributed by atoms with Crippen molar-refractivity contribution in [2.45, 2.75) is 12.3 Å². The molecule has 30 heavy (non-hydrogen) atoms. The van der Waals surface area contributed by atoms with E-state index in [4.69, 9.17) is 4.74 Å². The van der Waals surface area contributed by atoms with Crippen molar-refractivity contribution in [2.24, 2.45) is 0 Å². The molecule has 0 aliphatic carbocycles. The normalized spacial score (nSPS) is 12.1. The van der Waals surface area contributed by atoms with Gasteiger partial charge in [-0.15, -0.1) is 0 Å². The van der Waals surface area contributed by atoms with Crippen LogP contribution in [-0.2, 0) is 15.7 Å². The minimum absolute atomic E-state index is 0.0477. The van der Waals surface area contributed by atoms with Gasteiger partial charge in [0.2, 0.25) is 6.10 Å². The van der Waals surface area contributed by atoms with Gasteiger partial charge in [-0.05, 0) is 42.5 Å². The molecule has 1 atom stereocenters. The summed E-state index contributed by atoms with van der Waals surface area (Å²) in [5.41, 5.74) is -0.566. The minimum Gasteiger partial charge on any atom is -0.508 e. The number of hydrogen-bond donors (Lipinski definition) is 2. The summed E-state index contributed by atoms with van der Waals surface area (Å²) in [4.78, 5) is 25.2. The number of aromatic hydroxyl groups is 1. The Morgan fingerprint density at radius 3 is 2.20 bits per heavy atom. The maximum Gasteiger partial charge on any atom is 0.416 e. The number of ether oxygens (including phenoxy) is 1. The highest BCUT2D eigenvalue weighted by atomic mass is 19.4. The third-order valence-corrected chi connectivity index (χ3v) is 4.13. The van der Waals surface area contributed by atoms with Crippen LogP contribution in [0.15, 0.2) is 78.9 Å². The second-order valence-corrected chi connectivity index (χ2v) is 6.31. The molecule has 8 heteroatoms. The number of amides is 1. The Bertz CT molecular complexity index is 1030. The number of nitrogens with one attached hydrogen (secondary N) is 1. The van der Waals surface area contributed by atoms with Crippen LogP contribution < -0.4 is 5.32 Å². The molecule has 0 aromatic heterocycles. The summed E-state index contributed by atoms with van der Waals surface area (Å²) in [6, 6.07) is 17.4. The van der Waals surface area contributed by atoms with Crippen LogP contribution in [0.3, 0.4) is 0 Å². The molecule has 3 aromatic carbocycles. The number of rotatable bonds is 5. The Hall–Kier alpha value is -3.81. The van der Waals surface area contributed by atoms with Crippen LogP contribution in [-0.4, -0.2) is 17.0 Å². The quantitative estimate of drug-likeness (QED) is 0.579. The van der Waals surface area contributed by atoms with Gasteiger partial charge in [-0.25, -0.2) is 4.79 Å². The summed E-state index contributed by atoms with van der Waals surface area (Å²) in [6.07, 6.45) is -5.97. The number of halogens is 3. The van der Waals surface area contributed by atoms with Crippen molar-refractivity contribution in [3.05, 3.63) is 95.6 Å². The molecule has 0 saturated heterocycles. The van der Waals surface area contributed by atoms with Crippen LogP contribution in [0.1, 0.15) is 27.6 Å². The molecule has 0 heterocycles. The Morgan fingerprint density at radius 1 is 0.900 bits per heavy atom. The fraction of sp³-hybridized carbons (Fsp3) is 0.0909. The van der Waals surface area contributed by atoms with Crippen LogP contribution in [0.5, 0.6) is 5.75 Å². The van der Waals surface area contributed by atoms with Gasteiger partial charge in [0, 0.05) is 11.3 Å². The minimum atomic E-state index is -4.56. The van der Waals surface area contributed by atoms with Gasteiger partial charge in [-0.1, -0.05) is 36.4 Å². The predicted octanol–water partition coefficient (Wildman–Crippen LogP) is 4.95. The van der Waals surface area contributed by atoms with Gasteiger partial charge in [0.1, 0.15) is 5.75 Å². The first kappa shape index (κ1) is 20.9. The maximum atomic E-state index is 12.9. The molecular formula is C22H16F3NO4. The standard InChI is InChI=1S/C22H16F3NO4/c23-22(24,25)16-7-4-8-17(13-16)26-20(28)19(14-5-2-1-3-6-14)30-21(29)15-9-11-18(27)12-10-15/h1-13,19,27H,(H,26,28)/t19-/m0/s1. The second-order valence-electron chi connectivity index (χ2n) is 6.31. The van der Waals surface area contributed by atoms with E-state index in [0.717, 1.165) is 12.1 Å². The molecule has 0 spiro atoms. The van der Waals surface area contributed by atoms with Gasteiger partial charge in [0.25, 0.3) is 5.91 Å². The van der Waals surface area contributed by atoms with Crippen LogP contribution in [0.25, 0.3) is 0 Å². The predicted molar refractivity (Wildman–Crippen MR) is 103 cm³/mol. The highest BCUT2D eigenvalue weighted by molar-refractivity contribution is 5.98. The lowest BCUT2D eigenvalue weighted by atomic mass is 10.1. The molecule has 0 radical (unpaired) electrons. The Balaban J connectivity index is 1.85. The number of benzene rings is 3. The zero-order valence-corrected chi connectivity index (χ0v) is 15.4. The van der Waals surface area contributed by atoms with Crippen molar-refractivity contribution in [2.75, 3.05) is 5.32 Å².